The highest BCUT2D eigenvalue weighted by atomic mass is 15.2. The lowest BCUT2D eigenvalue weighted by molar-refractivity contribution is 0.0561. The number of hydrogen-bond acceptors (Lipinski definition) is 2. The van der Waals surface area contributed by atoms with Gasteiger partial charge in [-0.25, -0.2) is 0 Å². The second-order valence-electron chi connectivity index (χ2n) is 7.66. The standard InChI is InChI=1S/C18H34N2/c1-2-15-11-17(14-20(13-15)18-9-6-10-18)19-12-16-7-4-3-5-8-16/h15-19H,2-14H2,1H3. The van der Waals surface area contributed by atoms with E-state index in [9.17, 15) is 0 Å². The zero-order chi connectivity index (χ0) is 13.8. The summed E-state index contributed by atoms with van der Waals surface area (Å²) >= 11 is 0. The third-order valence-electron chi connectivity index (χ3n) is 6.15. The maximum Gasteiger partial charge on any atom is 0.0198 e. The fourth-order valence-corrected chi connectivity index (χ4v) is 4.46. The van der Waals surface area contributed by atoms with Gasteiger partial charge in [-0.15, -0.1) is 0 Å². The van der Waals surface area contributed by atoms with Crippen LogP contribution in [0.1, 0.15) is 71.1 Å². The predicted octanol–water partition coefficient (Wildman–Crippen LogP) is 3.81. The quantitative estimate of drug-likeness (QED) is 0.822. The number of nitrogens with one attached hydrogen (secondary N) is 1. The topological polar surface area (TPSA) is 15.3 Å². The molecule has 0 radical (unpaired) electrons. The number of rotatable bonds is 5. The molecule has 2 heteroatoms. The van der Waals surface area contributed by atoms with Crippen LogP contribution in [0.4, 0.5) is 0 Å². The van der Waals surface area contributed by atoms with Crippen LogP contribution in [0.2, 0.25) is 0 Å². The number of piperidine rings is 1. The van der Waals surface area contributed by atoms with Crippen molar-refractivity contribution in [3.05, 3.63) is 0 Å². The summed E-state index contributed by atoms with van der Waals surface area (Å²) in [5.41, 5.74) is 0. The number of hydrogen-bond donors (Lipinski definition) is 1. The Morgan fingerprint density at radius 2 is 1.70 bits per heavy atom. The van der Waals surface area contributed by atoms with Gasteiger partial charge in [0.1, 0.15) is 0 Å². The molecule has 3 rings (SSSR count). The van der Waals surface area contributed by atoms with Crippen molar-refractivity contribution in [2.24, 2.45) is 11.8 Å². The van der Waals surface area contributed by atoms with Crippen molar-refractivity contribution in [2.45, 2.75) is 83.2 Å². The van der Waals surface area contributed by atoms with Crippen molar-refractivity contribution in [1.82, 2.24) is 10.2 Å². The molecular weight excluding hydrogens is 244 g/mol. The molecular formula is C18H34N2. The van der Waals surface area contributed by atoms with Gasteiger partial charge in [0.05, 0.1) is 0 Å². The average molecular weight is 278 g/mol. The highest BCUT2D eigenvalue weighted by Gasteiger charge is 2.33. The van der Waals surface area contributed by atoms with E-state index in [1.807, 2.05) is 0 Å². The van der Waals surface area contributed by atoms with Gasteiger partial charge in [0.15, 0.2) is 0 Å². The van der Waals surface area contributed by atoms with Crippen LogP contribution in [0.3, 0.4) is 0 Å². The van der Waals surface area contributed by atoms with E-state index in [4.69, 9.17) is 0 Å². The van der Waals surface area contributed by atoms with Gasteiger partial charge in [-0.1, -0.05) is 39.0 Å². The van der Waals surface area contributed by atoms with Crippen LogP contribution in [-0.4, -0.2) is 36.6 Å². The molecule has 20 heavy (non-hydrogen) atoms. The minimum absolute atomic E-state index is 0.774. The first-order chi connectivity index (χ1) is 9.85. The second-order valence-corrected chi connectivity index (χ2v) is 7.66. The molecule has 2 atom stereocenters. The molecule has 0 bridgehead atoms. The van der Waals surface area contributed by atoms with Crippen LogP contribution < -0.4 is 5.32 Å². The Morgan fingerprint density at radius 3 is 2.35 bits per heavy atom. The van der Waals surface area contributed by atoms with Crippen molar-refractivity contribution in [2.75, 3.05) is 19.6 Å². The summed E-state index contributed by atoms with van der Waals surface area (Å²) in [5, 5.41) is 3.95. The molecule has 2 unspecified atom stereocenters. The van der Waals surface area contributed by atoms with Crippen molar-refractivity contribution >= 4 is 0 Å². The molecule has 1 N–H and O–H groups in total. The van der Waals surface area contributed by atoms with Crippen LogP contribution >= 0.6 is 0 Å². The first-order valence-corrected chi connectivity index (χ1v) is 9.32. The van der Waals surface area contributed by atoms with Crippen molar-refractivity contribution in [3.63, 3.8) is 0 Å². The fraction of sp³-hybridized carbons (Fsp3) is 1.00. The van der Waals surface area contributed by atoms with Gasteiger partial charge in [0.25, 0.3) is 0 Å². The maximum atomic E-state index is 3.95. The molecule has 3 fully saturated rings. The molecule has 1 aliphatic heterocycles. The van der Waals surface area contributed by atoms with Crippen molar-refractivity contribution in [1.29, 1.82) is 0 Å². The first kappa shape index (κ1) is 14.8. The minimum Gasteiger partial charge on any atom is -0.312 e. The van der Waals surface area contributed by atoms with Crippen LogP contribution in [-0.2, 0) is 0 Å². The van der Waals surface area contributed by atoms with Gasteiger partial charge in [-0.3, -0.25) is 4.90 Å². The lowest BCUT2D eigenvalue weighted by atomic mass is 9.85. The Bertz CT molecular complexity index is 281. The molecule has 116 valence electrons. The Morgan fingerprint density at radius 1 is 0.900 bits per heavy atom. The van der Waals surface area contributed by atoms with Gasteiger partial charge < -0.3 is 5.32 Å². The molecule has 0 aromatic rings. The lowest BCUT2D eigenvalue weighted by Gasteiger charge is -2.45. The molecule has 1 heterocycles. The number of likely N-dealkylation sites (tertiary alicyclic amines) is 1. The predicted molar refractivity (Wildman–Crippen MR) is 86.0 cm³/mol. The molecule has 2 saturated carbocycles. The summed E-state index contributed by atoms with van der Waals surface area (Å²) in [7, 11) is 0. The lowest BCUT2D eigenvalue weighted by Crippen LogP contribution is -2.54. The molecule has 2 aliphatic carbocycles. The Balaban J connectivity index is 1.46. The van der Waals surface area contributed by atoms with E-state index < -0.39 is 0 Å². The van der Waals surface area contributed by atoms with E-state index in [0.717, 1.165) is 23.9 Å². The summed E-state index contributed by atoms with van der Waals surface area (Å²) in [6.45, 7) is 6.38. The summed E-state index contributed by atoms with van der Waals surface area (Å²) in [4.78, 5) is 2.82. The minimum atomic E-state index is 0.774. The Hall–Kier alpha value is -0.0800. The monoisotopic (exact) mass is 278 g/mol. The van der Waals surface area contributed by atoms with Crippen LogP contribution in [0.25, 0.3) is 0 Å². The van der Waals surface area contributed by atoms with Crippen molar-refractivity contribution < 1.29 is 0 Å². The van der Waals surface area contributed by atoms with E-state index in [0.29, 0.717) is 0 Å². The van der Waals surface area contributed by atoms with E-state index in [-0.39, 0.29) is 0 Å². The molecule has 0 spiro atoms. The number of nitrogens with zero attached hydrogens (tertiary/aromatic N) is 1. The molecule has 3 aliphatic rings. The van der Waals surface area contributed by atoms with Crippen LogP contribution in [0.15, 0.2) is 0 Å². The zero-order valence-electron chi connectivity index (χ0n) is 13.4. The van der Waals surface area contributed by atoms with Gasteiger partial charge in [0, 0.05) is 25.2 Å². The maximum absolute atomic E-state index is 3.95. The highest BCUT2D eigenvalue weighted by Crippen LogP contribution is 2.30. The first-order valence-electron chi connectivity index (χ1n) is 9.32. The summed E-state index contributed by atoms with van der Waals surface area (Å²) < 4.78 is 0. The molecule has 0 aromatic carbocycles. The third kappa shape index (κ3) is 3.76. The van der Waals surface area contributed by atoms with E-state index >= 15 is 0 Å². The largest absolute Gasteiger partial charge is 0.312 e. The molecule has 1 saturated heterocycles. The summed E-state index contributed by atoms with van der Waals surface area (Å²) in [6, 6.07) is 1.71. The van der Waals surface area contributed by atoms with Gasteiger partial charge in [-0.05, 0) is 50.5 Å². The van der Waals surface area contributed by atoms with Crippen LogP contribution in [0, 0.1) is 11.8 Å². The van der Waals surface area contributed by atoms with Crippen molar-refractivity contribution in [3.8, 4) is 0 Å². The molecule has 0 aromatic heterocycles. The third-order valence-corrected chi connectivity index (χ3v) is 6.15. The van der Waals surface area contributed by atoms with Gasteiger partial charge in [-0.2, -0.15) is 0 Å². The second kappa shape index (κ2) is 7.26. The zero-order valence-corrected chi connectivity index (χ0v) is 13.4. The van der Waals surface area contributed by atoms with E-state index in [1.54, 1.807) is 0 Å². The Labute approximate surface area is 125 Å². The molecule has 0 amide bonds. The average Bonchev–Trinajstić information content (AvgIpc) is 2.44. The van der Waals surface area contributed by atoms with E-state index in [1.165, 1.54) is 83.8 Å². The summed E-state index contributed by atoms with van der Waals surface area (Å²) in [5.74, 6) is 1.91. The smallest absolute Gasteiger partial charge is 0.0198 e. The van der Waals surface area contributed by atoms with Gasteiger partial charge >= 0.3 is 0 Å². The SMILES string of the molecule is CCC1CC(NCC2CCCCC2)CN(C2CCC2)C1. The van der Waals surface area contributed by atoms with Crippen LogP contribution in [0.5, 0.6) is 0 Å². The Kier molecular flexibility index (Phi) is 5.39. The molecule has 2 nitrogen and oxygen atoms in total. The normalized spacial score (nSPS) is 34.0. The summed E-state index contributed by atoms with van der Waals surface area (Å²) in [6.07, 6.45) is 14.6. The van der Waals surface area contributed by atoms with Gasteiger partial charge in [0.2, 0.25) is 0 Å². The van der Waals surface area contributed by atoms with E-state index in [2.05, 4.69) is 17.1 Å². The fourth-order valence-electron chi connectivity index (χ4n) is 4.46. The highest BCUT2D eigenvalue weighted by molar-refractivity contribution is 4.90.